The van der Waals surface area contributed by atoms with Gasteiger partial charge in [-0.15, -0.1) is 0 Å². The Kier molecular flexibility index (Phi) is 4.33. The van der Waals surface area contributed by atoms with Gasteiger partial charge in [-0.05, 0) is 43.2 Å². The van der Waals surface area contributed by atoms with Crippen LogP contribution in [0.1, 0.15) is 21.5 Å². The average Bonchev–Trinajstić information content (AvgIpc) is 2.57. The van der Waals surface area contributed by atoms with Gasteiger partial charge in [-0.3, -0.25) is 4.79 Å². The molecule has 1 aliphatic rings. The molecular weight excluding hydrogens is 291 g/mol. The standard InChI is InChI=1S/C19H21FN2O/c1-14-6-5-9-18(15(14)2)21-10-12-22(13-11-21)19(23)16-7-3-4-8-17(16)20/h3-9H,10-13H2,1-2H3. The van der Waals surface area contributed by atoms with Gasteiger partial charge in [0.15, 0.2) is 0 Å². The fraction of sp³-hybridized carbons (Fsp3) is 0.316. The van der Waals surface area contributed by atoms with Crippen LogP contribution in [0.4, 0.5) is 10.1 Å². The van der Waals surface area contributed by atoms with Crippen LogP contribution in [0.2, 0.25) is 0 Å². The molecule has 1 amide bonds. The Balaban J connectivity index is 1.70. The molecule has 23 heavy (non-hydrogen) atoms. The van der Waals surface area contributed by atoms with Gasteiger partial charge in [-0.25, -0.2) is 4.39 Å². The molecule has 0 bridgehead atoms. The number of hydrogen-bond acceptors (Lipinski definition) is 2. The maximum atomic E-state index is 13.8. The smallest absolute Gasteiger partial charge is 0.256 e. The van der Waals surface area contributed by atoms with Crippen molar-refractivity contribution < 1.29 is 9.18 Å². The summed E-state index contributed by atoms with van der Waals surface area (Å²) < 4.78 is 13.8. The zero-order valence-electron chi connectivity index (χ0n) is 13.6. The SMILES string of the molecule is Cc1cccc(N2CCN(C(=O)c3ccccc3F)CC2)c1C. The van der Waals surface area contributed by atoms with Gasteiger partial charge in [0.25, 0.3) is 5.91 Å². The van der Waals surface area contributed by atoms with Gasteiger partial charge < -0.3 is 9.80 Å². The number of hydrogen-bond donors (Lipinski definition) is 0. The predicted octanol–water partition coefficient (Wildman–Crippen LogP) is 3.40. The quantitative estimate of drug-likeness (QED) is 0.848. The number of carbonyl (C=O) groups excluding carboxylic acids is 1. The fourth-order valence-corrected chi connectivity index (χ4v) is 3.03. The summed E-state index contributed by atoms with van der Waals surface area (Å²) in [5.74, 6) is -0.668. The Labute approximate surface area is 136 Å². The Hall–Kier alpha value is -2.36. The van der Waals surface area contributed by atoms with Crippen LogP contribution < -0.4 is 4.90 Å². The minimum Gasteiger partial charge on any atom is -0.368 e. The van der Waals surface area contributed by atoms with Crippen molar-refractivity contribution >= 4 is 11.6 Å². The summed E-state index contributed by atoms with van der Waals surface area (Å²) >= 11 is 0. The van der Waals surface area contributed by atoms with E-state index in [1.165, 1.54) is 22.9 Å². The van der Waals surface area contributed by atoms with Gasteiger partial charge in [0, 0.05) is 31.9 Å². The van der Waals surface area contributed by atoms with Crippen molar-refractivity contribution in [3.05, 3.63) is 65.0 Å². The molecule has 2 aromatic rings. The van der Waals surface area contributed by atoms with E-state index < -0.39 is 5.82 Å². The number of halogens is 1. The molecule has 0 radical (unpaired) electrons. The lowest BCUT2D eigenvalue weighted by molar-refractivity contribution is 0.0742. The molecule has 0 spiro atoms. The van der Waals surface area contributed by atoms with Gasteiger partial charge >= 0.3 is 0 Å². The number of aryl methyl sites for hydroxylation is 1. The highest BCUT2D eigenvalue weighted by molar-refractivity contribution is 5.94. The lowest BCUT2D eigenvalue weighted by Gasteiger charge is -2.37. The maximum Gasteiger partial charge on any atom is 0.256 e. The summed E-state index contributed by atoms with van der Waals surface area (Å²) in [5, 5.41) is 0. The first kappa shape index (κ1) is 15.5. The van der Waals surface area contributed by atoms with E-state index in [-0.39, 0.29) is 11.5 Å². The van der Waals surface area contributed by atoms with E-state index >= 15 is 0 Å². The molecule has 3 rings (SSSR count). The number of carbonyl (C=O) groups is 1. The third-order valence-corrected chi connectivity index (χ3v) is 4.59. The minimum absolute atomic E-state index is 0.160. The lowest BCUT2D eigenvalue weighted by Crippen LogP contribution is -2.49. The molecule has 3 nitrogen and oxygen atoms in total. The van der Waals surface area contributed by atoms with Crippen molar-refractivity contribution in [3.8, 4) is 0 Å². The van der Waals surface area contributed by atoms with Crippen molar-refractivity contribution in [2.45, 2.75) is 13.8 Å². The zero-order valence-corrected chi connectivity index (χ0v) is 13.6. The van der Waals surface area contributed by atoms with E-state index in [0.717, 1.165) is 13.1 Å². The van der Waals surface area contributed by atoms with Crippen LogP contribution in [-0.4, -0.2) is 37.0 Å². The number of anilines is 1. The largest absolute Gasteiger partial charge is 0.368 e. The Morgan fingerprint density at radius 3 is 2.35 bits per heavy atom. The summed E-state index contributed by atoms with van der Waals surface area (Å²) in [4.78, 5) is 16.5. The molecule has 1 fully saturated rings. The third kappa shape index (κ3) is 3.07. The molecule has 1 saturated heterocycles. The first-order valence-electron chi connectivity index (χ1n) is 7.93. The number of benzene rings is 2. The summed E-state index contributed by atoms with van der Waals surface area (Å²) in [5.41, 5.74) is 3.93. The molecule has 120 valence electrons. The van der Waals surface area contributed by atoms with Crippen molar-refractivity contribution in [2.75, 3.05) is 31.1 Å². The molecule has 1 heterocycles. The molecule has 0 aliphatic carbocycles. The highest BCUT2D eigenvalue weighted by Crippen LogP contribution is 2.24. The minimum atomic E-state index is -0.450. The van der Waals surface area contributed by atoms with Crippen molar-refractivity contribution in [1.82, 2.24) is 4.90 Å². The van der Waals surface area contributed by atoms with Crippen LogP contribution >= 0.6 is 0 Å². The Bertz CT molecular complexity index is 721. The molecule has 0 atom stereocenters. The van der Waals surface area contributed by atoms with E-state index in [1.54, 1.807) is 23.1 Å². The highest BCUT2D eigenvalue weighted by atomic mass is 19.1. The van der Waals surface area contributed by atoms with Gasteiger partial charge in [-0.1, -0.05) is 24.3 Å². The van der Waals surface area contributed by atoms with Gasteiger partial charge in [0.2, 0.25) is 0 Å². The third-order valence-electron chi connectivity index (χ3n) is 4.59. The lowest BCUT2D eigenvalue weighted by atomic mass is 10.1. The zero-order chi connectivity index (χ0) is 16.4. The number of nitrogens with zero attached hydrogens (tertiary/aromatic N) is 2. The normalized spacial score (nSPS) is 14.9. The van der Waals surface area contributed by atoms with E-state index in [9.17, 15) is 9.18 Å². The van der Waals surface area contributed by atoms with Crippen LogP contribution in [0.3, 0.4) is 0 Å². The van der Waals surface area contributed by atoms with Crippen LogP contribution in [0, 0.1) is 19.7 Å². The Morgan fingerprint density at radius 1 is 0.957 bits per heavy atom. The number of rotatable bonds is 2. The van der Waals surface area contributed by atoms with Crippen LogP contribution in [0.25, 0.3) is 0 Å². The van der Waals surface area contributed by atoms with E-state index in [4.69, 9.17) is 0 Å². The fourth-order valence-electron chi connectivity index (χ4n) is 3.03. The van der Waals surface area contributed by atoms with Gasteiger partial charge in [0.1, 0.15) is 5.82 Å². The number of amides is 1. The average molecular weight is 312 g/mol. The predicted molar refractivity (Wildman–Crippen MR) is 90.4 cm³/mol. The van der Waals surface area contributed by atoms with Crippen LogP contribution in [0.5, 0.6) is 0 Å². The summed E-state index contributed by atoms with van der Waals surface area (Å²) in [6.45, 7) is 6.99. The van der Waals surface area contributed by atoms with Crippen molar-refractivity contribution in [1.29, 1.82) is 0 Å². The molecular formula is C19H21FN2O. The highest BCUT2D eigenvalue weighted by Gasteiger charge is 2.24. The Morgan fingerprint density at radius 2 is 1.65 bits per heavy atom. The summed E-state index contributed by atoms with van der Waals surface area (Å²) in [6.07, 6.45) is 0. The van der Waals surface area contributed by atoms with Gasteiger partial charge in [-0.2, -0.15) is 0 Å². The van der Waals surface area contributed by atoms with E-state index in [0.29, 0.717) is 13.1 Å². The molecule has 0 N–H and O–H groups in total. The van der Waals surface area contributed by atoms with Crippen molar-refractivity contribution in [3.63, 3.8) is 0 Å². The second-order valence-electron chi connectivity index (χ2n) is 5.98. The first-order valence-corrected chi connectivity index (χ1v) is 7.93. The topological polar surface area (TPSA) is 23.6 Å². The van der Waals surface area contributed by atoms with E-state index in [1.807, 2.05) is 0 Å². The monoisotopic (exact) mass is 312 g/mol. The molecule has 0 unspecified atom stereocenters. The molecule has 2 aromatic carbocycles. The van der Waals surface area contributed by atoms with E-state index in [2.05, 4.69) is 36.9 Å². The van der Waals surface area contributed by atoms with Gasteiger partial charge in [0.05, 0.1) is 5.56 Å². The van der Waals surface area contributed by atoms with Crippen LogP contribution in [0.15, 0.2) is 42.5 Å². The van der Waals surface area contributed by atoms with Crippen molar-refractivity contribution in [2.24, 2.45) is 0 Å². The molecule has 1 aliphatic heterocycles. The number of piperazine rings is 1. The molecule has 0 aromatic heterocycles. The van der Waals surface area contributed by atoms with Crippen LogP contribution in [-0.2, 0) is 0 Å². The summed E-state index contributed by atoms with van der Waals surface area (Å²) in [6, 6.07) is 12.5. The second kappa shape index (κ2) is 6.41. The molecule has 0 saturated carbocycles. The second-order valence-corrected chi connectivity index (χ2v) is 5.98. The maximum absolute atomic E-state index is 13.8. The molecule has 4 heteroatoms. The summed E-state index contributed by atoms with van der Waals surface area (Å²) in [7, 11) is 0. The first-order chi connectivity index (χ1) is 11.1.